The van der Waals surface area contributed by atoms with Gasteiger partial charge in [0.05, 0.1) is 6.04 Å². The summed E-state index contributed by atoms with van der Waals surface area (Å²) in [5, 5.41) is 3.86. The molecule has 0 radical (unpaired) electrons. The maximum absolute atomic E-state index is 3.86. The van der Waals surface area contributed by atoms with Crippen LogP contribution >= 0.6 is 11.8 Å². The third-order valence-corrected chi connectivity index (χ3v) is 5.98. The lowest BCUT2D eigenvalue weighted by Gasteiger charge is -2.30. The van der Waals surface area contributed by atoms with E-state index in [1.54, 1.807) is 0 Å². The van der Waals surface area contributed by atoms with Gasteiger partial charge in [0.2, 0.25) is 0 Å². The van der Waals surface area contributed by atoms with Crippen LogP contribution in [0.3, 0.4) is 0 Å². The first kappa shape index (κ1) is 13.4. The average molecular weight is 295 g/mol. The molecule has 108 valence electrons. The van der Waals surface area contributed by atoms with Crippen LogP contribution < -0.4 is 5.32 Å². The van der Waals surface area contributed by atoms with E-state index in [1.807, 2.05) is 0 Å². The van der Waals surface area contributed by atoms with E-state index in [2.05, 4.69) is 65.6 Å². The van der Waals surface area contributed by atoms with Gasteiger partial charge in [0, 0.05) is 0 Å². The first-order valence-corrected chi connectivity index (χ1v) is 9.04. The van der Waals surface area contributed by atoms with E-state index in [4.69, 9.17) is 0 Å². The van der Waals surface area contributed by atoms with E-state index in [0.29, 0.717) is 6.04 Å². The van der Waals surface area contributed by atoms with E-state index >= 15 is 0 Å². The molecule has 2 heteroatoms. The standard InChI is InChI=1S/C19H21NS/c1-3-7-17-15(5-1)11-16-6-2-4-8-18(16)19(17)20-12-14-9-10-21-13-14/h1-8,14,19-20H,9-13H2. The second-order valence-electron chi connectivity index (χ2n) is 6.15. The zero-order valence-corrected chi connectivity index (χ0v) is 13.0. The molecule has 1 aliphatic carbocycles. The number of thioether (sulfide) groups is 1. The number of rotatable bonds is 3. The second-order valence-corrected chi connectivity index (χ2v) is 7.30. The van der Waals surface area contributed by atoms with Gasteiger partial charge in [0.25, 0.3) is 0 Å². The van der Waals surface area contributed by atoms with Crippen LogP contribution in [0.25, 0.3) is 0 Å². The van der Waals surface area contributed by atoms with E-state index < -0.39 is 0 Å². The van der Waals surface area contributed by atoms with E-state index in [0.717, 1.165) is 18.9 Å². The van der Waals surface area contributed by atoms with Crippen molar-refractivity contribution >= 4 is 11.8 Å². The summed E-state index contributed by atoms with van der Waals surface area (Å²) in [7, 11) is 0. The molecule has 4 rings (SSSR count). The van der Waals surface area contributed by atoms with Gasteiger partial charge in [-0.15, -0.1) is 0 Å². The van der Waals surface area contributed by atoms with Crippen molar-refractivity contribution in [2.24, 2.45) is 5.92 Å². The lowest BCUT2D eigenvalue weighted by Crippen LogP contribution is -2.31. The van der Waals surface area contributed by atoms with E-state index in [1.165, 1.54) is 40.2 Å². The Labute approximate surface area is 131 Å². The average Bonchev–Trinajstić information content (AvgIpc) is 3.05. The molecule has 2 aliphatic rings. The van der Waals surface area contributed by atoms with Crippen molar-refractivity contribution < 1.29 is 0 Å². The fraction of sp³-hybridized carbons (Fsp3) is 0.368. The smallest absolute Gasteiger partial charge is 0.0582 e. The molecule has 2 aromatic carbocycles. The Morgan fingerprint density at radius 3 is 2.24 bits per heavy atom. The van der Waals surface area contributed by atoms with Crippen LogP contribution in [-0.2, 0) is 6.42 Å². The summed E-state index contributed by atoms with van der Waals surface area (Å²) >= 11 is 2.10. The minimum absolute atomic E-state index is 0.372. The Hall–Kier alpha value is -1.25. The number of hydrogen-bond acceptors (Lipinski definition) is 2. The van der Waals surface area contributed by atoms with Crippen LogP contribution in [0.5, 0.6) is 0 Å². The molecule has 1 saturated heterocycles. The van der Waals surface area contributed by atoms with Crippen molar-refractivity contribution in [3.63, 3.8) is 0 Å². The highest BCUT2D eigenvalue weighted by molar-refractivity contribution is 7.99. The predicted molar refractivity (Wildman–Crippen MR) is 91.0 cm³/mol. The fourth-order valence-electron chi connectivity index (χ4n) is 3.58. The maximum atomic E-state index is 3.86. The number of hydrogen-bond donors (Lipinski definition) is 1. The van der Waals surface area contributed by atoms with Gasteiger partial charge >= 0.3 is 0 Å². The van der Waals surface area contributed by atoms with Crippen LogP contribution in [0.1, 0.15) is 34.7 Å². The van der Waals surface area contributed by atoms with Gasteiger partial charge in [-0.1, -0.05) is 48.5 Å². The van der Waals surface area contributed by atoms with Crippen molar-refractivity contribution in [3.05, 3.63) is 70.8 Å². The van der Waals surface area contributed by atoms with Crippen LogP contribution in [0, 0.1) is 5.92 Å². The first-order chi connectivity index (χ1) is 10.4. The zero-order chi connectivity index (χ0) is 14.1. The fourth-order valence-corrected chi connectivity index (χ4v) is 4.86. The molecular weight excluding hydrogens is 274 g/mol. The molecule has 1 fully saturated rings. The van der Waals surface area contributed by atoms with Crippen molar-refractivity contribution in [3.8, 4) is 0 Å². The molecule has 1 atom stereocenters. The minimum Gasteiger partial charge on any atom is -0.306 e. The summed E-state index contributed by atoms with van der Waals surface area (Å²) in [5.74, 6) is 3.50. The Bertz CT molecular complexity index is 585. The van der Waals surface area contributed by atoms with Gasteiger partial charge < -0.3 is 5.32 Å². The van der Waals surface area contributed by atoms with Crippen LogP contribution in [-0.4, -0.2) is 18.1 Å². The summed E-state index contributed by atoms with van der Waals surface area (Å²) in [6, 6.07) is 18.2. The molecule has 0 spiro atoms. The molecule has 0 aromatic heterocycles. The molecule has 1 N–H and O–H groups in total. The first-order valence-electron chi connectivity index (χ1n) is 7.88. The van der Waals surface area contributed by atoms with Crippen LogP contribution in [0.15, 0.2) is 48.5 Å². The van der Waals surface area contributed by atoms with E-state index in [9.17, 15) is 0 Å². The minimum atomic E-state index is 0.372. The molecule has 2 aromatic rings. The molecule has 1 nitrogen and oxygen atoms in total. The molecule has 1 unspecified atom stereocenters. The van der Waals surface area contributed by atoms with Crippen LogP contribution in [0.2, 0.25) is 0 Å². The van der Waals surface area contributed by atoms with Crippen molar-refractivity contribution in [1.82, 2.24) is 5.32 Å². The number of benzene rings is 2. The summed E-state index contributed by atoms with van der Waals surface area (Å²) in [6.45, 7) is 1.14. The topological polar surface area (TPSA) is 12.0 Å². The summed E-state index contributed by atoms with van der Waals surface area (Å²) < 4.78 is 0. The Morgan fingerprint density at radius 2 is 1.62 bits per heavy atom. The zero-order valence-electron chi connectivity index (χ0n) is 12.2. The van der Waals surface area contributed by atoms with Crippen molar-refractivity contribution in [2.75, 3.05) is 18.1 Å². The molecular formula is C19H21NS. The third-order valence-electron chi connectivity index (χ3n) is 4.75. The lowest BCUT2D eigenvalue weighted by molar-refractivity contribution is 0.486. The molecule has 1 aliphatic heterocycles. The largest absolute Gasteiger partial charge is 0.306 e. The van der Waals surface area contributed by atoms with Gasteiger partial charge in [0.1, 0.15) is 0 Å². The Morgan fingerprint density at radius 1 is 0.952 bits per heavy atom. The Kier molecular flexibility index (Phi) is 3.74. The SMILES string of the molecule is c1ccc2c(c1)Cc1ccccc1C2NCC1CCSC1. The van der Waals surface area contributed by atoms with Crippen molar-refractivity contribution in [1.29, 1.82) is 0 Å². The Balaban J connectivity index is 1.64. The number of fused-ring (bicyclic) bond motifs is 2. The third kappa shape index (κ3) is 2.63. The summed E-state index contributed by atoms with van der Waals surface area (Å²) in [4.78, 5) is 0. The molecule has 0 amide bonds. The highest BCUT2D eigenvalue weighted by Crippen LogP contribution is 2.35. The van der Waals surface area contributed by atoms with Gasteiger partial charge in [-0.3, -0.25) is 0 Å². The molecule has 1 heterocycles. The van der Waals surface area contributed by atoms with Gasteiger partial charge in [-0.2, -0.15) is 11.8 Å². The predicted octanol–water partition coefficient (Wildman–Crippen LogP) is 4.02. The monoisotopic (exact) mass is 295 g/mol. The highest BCUT2D eigenvalue weighted by Gasteiger charge is 2.25. The normalized spacial score (nSPS) is 21.0. The number of nitrogens with one attached hydrogen (secondary N) is 1. The molecule has 21 heavy (non-hydrogen) atoms. The van der Waals surface area contributed by atoms with E-state index in [-0.39, 0.29) is 0 Å². The second kappa shape index (κ2) is 5.86. The summed E-state index contributed by atoms with van der Waals surface area (Å²) in [6.07, 6.45) is 2.44. The summed E-state index contributed by atoms with van der Waals surface area (Å²) in [5.41, 5.74) is 5.91. The molecule has 0 saturated carbocycles. The van der Waals surface area contributed by atoms with Gasteiger partial charge in [-0.25, -0.2) is 0 Å². The maximum Gasteiger partial charge on any atom is 0.0582 e. The quantitative estimate of drug-likeness (QED) is 0.918. The molecule has 0 bridgehead atoms. The van der Waals surface area contributed by atoms with Crippen LogP contribution in [0.4, 0.5) is 0 Å². The van der Waals surface area contributed by atoms with Gasteiger partial charge in [0.15, 0.2) is 0 Å². The van der Waals surface area contributed by atoms with Gasteiger partial charge in [-0.05, 0) is 59.1 Å². The lowest BCUT2D eigenvalue weighted by atomic mass is 9.82. The highest BCUT2D eigenvalue weighted by atomic mass is 32.2. The van der Waals surface area contributed by atoms with Crippen molar-refractivity contribution in [2.45, 2.75) is 18.9 Å².